The van der Waals surface area contributed by atoms with E-state index in [4.69, 9.17) is 0 Å². The Morgan fingerprint density at radius 1 is 0.967 bits per heavy atom. The molecule has 30 heavy (non-hydrogen) atoms. The van der Waals surface area contributed by atoms with Crippen molar-refractivity contribution >= 4 is 34.6 Å². The van der Waals surface area contributed by atoms with Gasteiger partial charge in [-0.1, -0.05) is 48.5 Å². The lowest BCUT2D eigenvalue weighted by Gasteiger charge is -2.24. The van der Waals surface area contributed by atoms with E-state index in [1.165, 1.54) is 0 Å². The highest BCUT2D eigenvalue weighted by Gasteiger charge is 2.34. The quantitative estimate of drug-likeness (QED) is 0.612. The normalized spacial score (nSPS) is 15.7. The molecule has 1 aromatic heterocycles. The summed E-state index contributed by atoms with van der Waals surface area (Å²) < 4.78 is 0. The fraction of sp³-hybridized carbons (Fsp3) is 0.208. The van der Waals surface area contributed by atoms with Crippen LogP contribution in [0.3, 0.4) is 0 Å². The van der Waals surface area contributed by atoms with E-state index >= 15 is 0 Å². The molecule has 1 saturated heterocycles. The van der Waals surface area contributed by atoms with Crippen LogP contribution in [0, 0.1) is 0 Å². The predicted molar refractivity (Wildman–Crippen MR) is 118 cm³/mol. The summed E-state index contributed by atoms with van der Waals surface area (Å²) in [4.78, 5) is 40.9. The van der Waals surface area contributed by atoms with Crippen LogP contribution in [-0.2, 0) is 16.0 Å². The molecule has 2 aromatic carbocycles. The first-order chi connectivity index (χ1) is 14.6. The predicted octanol–water partition coefficient (Wildman–Crippen LogP) is 4.15. The zero-order chi connectivity index (χ0) is 20.9. The maximum Gasteiger partial charge on any atom is 0.247 e. The van der Waals surface area contributed by atoms with E-state index in [0.29, 0.717) is 36.2 Å². The number of ketones is 1. The highest BCUT2D eigenvalue weighted by Crippen LogP contribution is 2.22. The van der Waals surface area contributed by atoms with Crippen molar-refractivity contribution in [2.75, 3.05) is 11.9 Å². The Morgan fingerprint density at radius 3 is 2.53 bits per heavy atom. The molecule has 5 nitrogen and oxygen atoms in total. The summed E-state index contributed by atoms with van der Waals surface area (Å²) in [7, 11) is 0. The van der Waals surface area contributed by atoms with E-state index in [0.717, 1.165) is 11.3 Å². The molecule has 2 amide bonds. The Balaban J connectivity index is 1.44. The van der Waals surface area contributed by atoms with Gasteiger partial charge in [0.2, 0.25) is 11.8 Å². The molecular weight excluding hydrogens is 396 g/mol. The van der Waals surface area contributed by atoms with Crippen molar-refractivity contribution in [3.63, 3.8) is 0 Å². The zero-order valence-corrected chi connectivity index (χ0v) is 17.2. The molecule has 0 aliphatic carbocycles. The molecule has 0 radical (unpaired) electrons. The van der Waals surface area contributed by atoms with Crippen LogP contribution in [0.1, 0.15) is 33.6 Å². The van der Waals surface area contributed by atoms with Gasteiger partial charge >= 0.3 is 0 Å². The number of rotatable bonds is 6. The Labute approximate surface area is 179 Å². The summed E-state index contributed by atoms with van der Waals surface area (Å²) in [6.07, 6.45) is 1.77. The molecule has 1 unspecified atom stereocenters. The summed E-state index contributed by atoms with van der Waals surface area (Å²) in [5.41, 5.74) is 1.66. The molecule has 6 heteroatoms. The highest BCUT2D eigenvalue weighted by atomic mass is 32.1. The number of nitrogens with zero attached hydrogens (tertiary/aromatic N) is 1. The molecule has 0 spiro atoms. The third-order valence-corrected chi connectivity index (χ3v) is 6.09. The summed E-state index contributed by atoms with van der Waals surface area (Å²) in [6.45, 7) is 0.592. The van der Waals surface area contributed by atoms with Gasteiger partial charge in [-0.2, -0.15) is 0 Å². The van der Waals surface area contributed by atoms with Crippen molar-refractivity contribution in [2.24, 2.45) is 0 Å². The second-order valence-electron chi connectivity index (χ2n) is 7.27. The number of benzene rings is 2. The number of nitrogens with one attached hydrogen (secondary N) is 1. The minimum Gasteiger partial charge on any atom is -0.330 e. The number of hydrogen-bond acceptors (Lipinski definition) is 4. The maximum absolute atomic E-state index is 12.9. The van der Waals surface area contributed by atoms with Gasteiger partial charge in [-0.25, -0.2) is 0 Å². The van der Waals surface area contributed by atoms with Gasteiger partial charge in [-0.15, -0.1) is 11.3 Å². The van der Waals surface area contributed by atoms with Crippen LogP contribution in [0.4, 0.5) is 5.69 Å². The largest absolute Gasteiger partial charge is 0.330 e. The van der Waals surface area contributed by atoms with Gasteiger partial charge in [0.1, 0.15) is 6.04 Å². The topological polar surface area (TPSA) is 66.5 Å². The second-order valence-corrected chi connectivity index (χ2v) is 8.30. The summed E-state index contributed by atoms with van der Waals surface area (Å²) in [5, 5.41) is 4.84. The molecular formula is C24H22N2O3S. The lowest BCUT2D eigenvalue weighted by Crippen LogP contribution is -2.43. The maximum atomic E-state index is 12.9. The number of likely N-dealkylation sites (tertiary alicyclic amines) is 1. The molecule has 3 aromatic rings. The number of carbonyl (C=O) groups excluding carboxylic acids is 3. The van der Waals surface area contributed by atoms with Crippen LogP contribution in [-0.4, -0.2) is 35.1 Å². The number of carbonyl (C=O) groups is 3. The van der Waals surface area contributed by atoms with Crippen LogP contribution in [0.2, 0.25) is 0 Å². The monoisotopic (exact) mass is 418 g/mol. The molecule has 1 atom stereocenters. The number of anilines is 1. The van der Waals surface area contributed by atoms with Crippen LogP contribution < -0.4 is 5.32 Å². The van der Waals surface area contributed by atoms with E-state index in [2.05, 4.69) is 5.32 Å². The molecule has 1 fully saturated rings. The minimum atomic E-state index is -0.481. The zero-order valence-electron chi connectivity index (χ0n) is 16.4. The lowest BCUT2D eigenvalue weighted by atomic mass is 10.0. The SMILES string of the molecule is O=C(c1ccccc1)c1cccc(NC(=O)C2CCCN2C(=O)Cc2cccs2)c1. The molecule has 0 saturated carbocycles. The standard InChI is InChI=1S/C24H22N2O3S/c27-22(16-20-11-6-14-30-20)26-13-5-12-21(26)24(29)25-19-10-4-9-18(15-19)23(28)17-7-2-1-3-8-17/h1-4,6-11,14-15,21H,5,12-13,16H2,(H,25,29). The van der Waals surface area contributed by atoms with Gasteiger partial charge in [0.05, 0.1) is 6.42 Å². The Bertz CT molecular complexity index is 1050. The molecule has 1 N–H and O–H groups in total. The average Bonchev–Trinajstić information content (AvgIpc) is 3.46. The number of amides is 2. The molecule has 2 heterocycles. The highest BCUT2D eigenvalue weighted by molar-refractivity contribution is 7.10. The van der Waals surface area contributed by atoms with Crippen molar-refractivity contribution in [1.29, 1.82) is 0 Å². The lowest BCUT2D eigenvalue weighted by molar-refractivity contribution is -0.136. The molecule has 152 valence electrons. The first-order valence-corrected chi connectivity index (χ1v) is 10.8. The molecule has 1 aliphatic heterocycles. The summed E-state index contributed by atoms with van der Waals surface area (Å²) in [5.74, 6) is -0.334. The molecule has 4 rings (SSSR count). The van der Waals surface area contributed by atoms with E-state index in [1.807, 2.05) is 35.7 Å². The fourth-order valence-corrected chi connectivity index (χ4v) is 4.42. The molecule has 1 aliphatic rings. The Hall–Kier alpha value is -3.25. The van der Waals surface area contributed by atoms with Gasteiger partial charge in [0, 0.05) is 28.2 Å². The van der Waals surface area contributed by atoms with E-state index in [9.17, 15) is 14.4 Å². The average molecular weight is 419 g/mol. The van der Waals surface area contributed by atoms with Gasteiger partial charge in [-0.3, -0.25) is 14.4 Å². The van der Waals surface area contributed by atoms with Crippen LogP contribution in [0.25, 0.3) is 0 Å². The van der Waals surface area contributed by atoms with Gasteiger partial charge < -0.3 is 10.2 Å². The van der Waals surface area contributed by atoms with Crippen molar-refractivity contribution in [2.45, 2.75) is 25.3 Å². The van der Waals surface area contributed by atoms with E-state index < -0.39 is 6.04 Å². The van der Waals surface area contributed by atoms with Crippen LogP contribution in [0.5, 0.6) is 0 Å². The third kappa shape index (κ3) is 4.49. The Morgan fingerprint density at radius 2 is 1.77 bits per heavy atom. The fourth-order valence-electron chi connectivity index (χ4n) is 3.72. The van der Waals surface area contributed by atoms with Gasteiger partial charge in [-0.05, 0) is 36.4 Å². The first kappa shape index (κ1) is 20.0. The van der Waals surface area contributed by atoms with Crippen molar-refractivity contribution in [3.8, 4) is 0 Å². The van der Waals surface area contributed by atoms with Crippen molar-refractivity contribution in [1.82, 2.24) is 4.90 Å². The van der Waals surface area contributed by atoms with Crippen LogP contribution >= 0.6 is 11.3 Å². The van der Waals surface area contributed by atoms with E-state index in [1.54, 1.807) is 52.6 Å². The second kappa shape index (κ2) is 9.05. The minimum absolute atomic E-state index is 0.0249. The van der Waals surface area contributed by atoms with Crippen LogP contribution in [0.15, 0.2) is 72.1 Å². The Kier molecular flexibility index (Phi) is 6.05. The summed E-state index contributed by atoms with van der Waals surface area (Å²) in [6, 6.07) is 19.3. The van der Waals surface area contributed by atoms with Crippen molar-refractivity contribution < 1.29 is 14.4 Å². The smallest absolute Gasteiger partial charge is 0.247 e. The van der Waals surface area contributed by atoms with Crippen molar-refractivity contribution in [3.05, 3.63) is 88.1 Å². The summed E-state index contributed by atoms with van der Waals surface area (Å²) >= 11 is 1.54. The molecule has 0 bridgehead atoms. The number of hydrogen-bond donors (Lipinski definition) is 1. The third-order valence-electron chi connectivity index (χ3n) is 5.21. The first-order valence-electron chi connectivity index (χ1n) is 9.94. The van der Waals surface area contributed by atoms with Gasteiger partial charge in [0.25, 0.3) is 0 Å². The van der Waals surface area contributed by atoms with Gasteiger partial charge in [0.15, 0.2) is 5.78 Å². The van der Waals surface area contributed by atoms with E-state index in [-0.39, 0.29) is 17.6 Å². The number of thiophene rings is 1.